The summed E-state index contributed by atoms with van der Waals surface area (Å²) in [6, 6.07) is 8.47. The van der Waals surface area contributed by atoms with Crippen LogP contribution >= 0.6 is 0 Å². The third-order valence-electron chi connectivity index (χ3n) is 2.78. The molecule has 3 nitrogen and oxygen atoms in total. The van der Waals surface area contributed by atoms with Crippen LogP contribution in [0.2, 0.25) is 0 Å². The molecule has 0 bridgehead atoms. The first-order valence-corrected chi connectivity index (χ1v) is 6.31. The fraction of sp³-hybridized carbons (Fsp3) is 0.571. The number of aryl methyl sites for hydroxylation is 1. The molecule has 0 fully saturated rings. The summed E-state index contributed by atoms with van der Waals surface area (Å²) in [5, 5.41) is 3.37. The van der Waals surface area contributed by atoms with Crippen molar-refractivity contribution in [1.82, 2.24) is 5.32 Å². The quantitative estimate of drug-likeness (QED) is 0.699. The number of hydrogen-bond acceptors (Lipinski definition) is 3. The Morgan fingerprint density at radius 3 is 2.71 bits per heavy atom. The lowest BCUT2D eigenvalue weighted by Crippen LogP contribution is -2.31. The molecule has 0 saturated carbocycles. The highest BCUT2D eigenvalue weighted by Gasteiger charge is 2.02. The normalized spacial score (nSPS) is 10.5. The van der Waals surface area contributed by atoms with Gasteiger partial charge in [0.1, 0.15) is 0 Å². The smallest absolute Gasteiger partial charge is 0.0590 e. The molecule has 0 aliphatic rings. The number of benzene rings is 1. The second-order valence-corrected chi connectivity index (χ2v) is 4.15. The van der Waals surface area contributed by atoms with Crippen LogP contribution in [0.3, 0.4) is 0 Å². The third kappa shape index (κ3) is 5.20. The van der Waals surface area contributed by atoms with Crippen molar-refractivity contribution in [1.29, 1.82) is 0 Å². The maximum atomic E-state index is 5.27. The molecule has 1 aromatic carbocycles. The first-order valence-electron chi connectivity index (χ1n) is 6.31. The van der Waals surface area contributed by atoms with Crippen molar-refractivity contribution in [2.24, 2.45) is 0 Å². The van der Waals surface area contributed by atoms with Gasteiger partial charge in [0.2, 0.25) is 0 Å². The van der Waals surface area contributed by atoms with Gasteiger partial charge in [0, 0.05) is 39.0 Å². The standard InChI is InChI=1S/C14H24N2O/c1-4-17-12-10-15-9-11-16(3)14-8-6-5-7-13(14)2/h5-8,15H,4,9-12H2,1-3H3. The van der Waals surface area contributed by atoms with Crippen molar-refractivity contribution in [3.05, 3.63) is 29.8 Å². The predicted octanol–water partition coefficient (Wildman–Crippen LogP) is 2.06. The SMILES string of the molecule is CCOCCNCCN(C)c1ccccc1C. The molecule has 0 radical (unpaired) electrons. The molecule has 96 valence electrons. The van der Waals surface area contributed by atoms with Crippen molar-refractivity contribution in [3.63, 3.8) is 0 Å². The monoisotopic (exact) mass is 236 g/mol. The van der Waals surface area contributed by atoms with Crippen LogP contribution < -0.4 is 10.2 Å². The van der Waals surface area contributed by atoms with Crippen LogP contribution in [-0.4, -0.2) is 39.9 Å². The van der Waals surface area contributed by atoms with Crippen molar-refractivity contribution in [2.45, 2.75) is 13.8 Å². The average molecular weight is 236 g/mol. The van der Waals surface area contributed by atoms with E-state index in [-0.39, 0.29) is 0 Å². The van der Waals surface area contributed by atoms with Gasteiger partial charge in [-0.2, -0.15) is 0 Å². The Morgan fingerprint density at radius 1 is 1.24 bits per heavy atom. The zero-order valence-electron chi connectivity index (χ0n) is 11.2. The van der Waals surface area contributed by atoms with E-state index in [1.165, 1.54) is 11.3 Å². The Bertz CT molecular complexity index is 315. The van der Waals surface area contributed by atoms with Gasteiger partial charge >= 0.3 is 0 Å². The first-order chi connectivity index (χ1) is 8.25. The number of nitrogens with zero attached hydrogens (tertiary/aromatic N) is 1. The summed E-state index contributed by atoms with van der Waals surface area (Å²) < 4.78 is 5.27. The molecule has 0 saturated heterocycles. The zero-order valence-corrected chi connectivity index (χ0v) is 11.2. The fourth-order valence-corrected chi connectivity index (χ4v) is 1.77. The van der Waals surface area contributed by atoms with E-state index in [9.17, 15) is 0 Å². The lowest BCUT2D eigenvalue weighted by molar-refractivity contribution is 0.149. The molecule has 0 aromatic heterocycles. The summed E-state index contributed by atoms with van der Waals surface area (Å²) in [5.41, 5.74) is 2.63. The maximum absolute atomic E-state index is 5.27. The number of likely N-dealkylation sites (N-methyl/N-ethyl adjacent to an activating group) is 1. The van der Waals surface area contributed by atoms with Crippen LogP contribution in [0.1, 0.15) is 12.5 Å². The first kappa shape index (κ1) is 14.0. The molecule has 0 atom stereocenters. The molecule has 17 heavy (non-hydrogen) atoms. The zero-order chi connectivity index (χ0) is 12.5. The molecular formula is C14H24N2O. The van der Waals surface area contributed by atoms with Crippen LogP contribution in [0, 0.1) is 6.92 Å². The van der Waals surface area contributed by atoms with E-state index in [1.807, 2.05) is 6.92 Å². The Kier molecular flexibility index (Phi) is 6.67. The van der Waals surface area contributed by atoms with Gasteiger partial charge in [-0.3, -0.25) is 0 Å². The van der Waals surface area contributed by atoms with Gasteiger partial charge in [0.25, 0.3) is 0 Å². The Hall–Kier alpha value is -1.06. The predicted molar refractivity (Wildman–Crippen MR) is 73.8 cm³/mol. The molecule has 1 N–H and O–H groups in total. The number of hydrogen-bond donors (Lipinski definition) is 1. The molecular weight excluding hydrogens is 212 g/mol. The minimum Gasteiger partial charge on any atom is -0.380 e. The number of ether oxygens (including phenoxy) is 1. The van der Waals surface area contributed by atoms with Gasteiger partial charge in [-0.25, -0.2) is 0 Å². The molecule has 3 heteroatoms. The Balaban J connectivity index is 2.21. The third-order valence-corrected chi connectivity index (χ3v) is 2.78. The highest BCUT2D eigenvalue weighted by Crippen LogP contribution is 2.16. The highest BCUT2D eigenvalue weighted by atomic mass is 16.5. The maximum Gasteiger partial charge on any atom is 0.0590 e. The largest absolute Gasteiger partial charge is 0.380 e. The summed E-state index contributed by atoms with van der Waals surface area (Å²) >= 11 is 0. The molecule has 1 rings (SSSR count). The molecule has 0 heterocycles. The van der Waals surface area contributed by atoms with Gasteiger partial charge < -0.3 is 15.0 Å². The highest BCUT2D eigenvalue weighted by molar-refractivity contribution is 5.52. The summed E-state index contributed by atoms with van der Waals surface area (Å²) in [6.07, 6.45) is 0. The van der Waals surface area contributed by atoms with Gasteiger partial charge in [-0.1, -0.05) is 18.2 Å². The van der Waals surface area contributed by atoms with Crippen molar-refractivity contribution < 1.29 is 4.74 Å². The second-order valence-electron chi connectivity index (χ2n) is 4.15. The van der Waals surface area contributed by atoms with Crippen LogP contribution in [-0.2, 0) is 4.74 Å². The van der Waals surface area contributed by atoms with E-state index in [4.69, 9.17) is 4.74 Å². The number of para-hydroxylation sites is 1. The second kappa shape index (κ2) is 8.09. The van der Waals surface area contributed by atoms with E-state index >= 15 is 0 Å². The minimum atomic E-state index is 0.796. The minimum absolute atomic E-state index is 0.796. The number of anilines is 1. The molecule has 0 aliphatic heterocycles. The topological polar surface area (TPSA) is 24.5 Å². The lowest BCUT2D eigenvalue weighted by atomic mass is 10.2. The van der Waals surface area contributed by atoms with Crippen LogP contribution in [0.25, 0.3) is 0 Å². The van der Waals surface area contributed by atoms with Gasteiger partial charge in [0.05, 0.1) is 6.61 Å². The van der Waals surface area contributed by atoms with Gasteiger partial charge in [-0.15, -0.1) is 0 Å². The van der Waals surface area contributed by atoms with Crippen LogP contribution in [0.4, 0.5) is 5.69 Å². The average Bonchev–Trinajstić information content (AvgIpc) is 2.34. The van der Waals surface area contributed by atoms with Crippen molar-refractivity contribution >= 4 is 5.69 Å². The molecule has 0 unspecified atom stereocenters. The lowest BCUT2D eigenvalue weighted by Gasteiger charge is -2.21. The Labute approximate surface area is 105 Å². The van der Waals surface area contributed by atoms with E-state index in [2.05, 4.69) is 48.5 Å². The summed E-state index contributed by atoms with van der Waals surface area (Å²) in [7, 11) is 2.13. The van der Waals surface area contributed by atoms with Gasteiger partial charge in [-0.05, 0) is 25.5 Å². The number of rotatable bonds is 8. The van der Waals surface area contributed by atoms with Gasteiger partial charge in [0.15, 0.2) is 0 Å². The fourth-order valence-electron chi connectivity index (χ4n) is 1.77. The summed E-state index contributed by atoms with van der Waals surface area (Å²) in [4.78, 5) is 2.28. The molecule has 1 aromatic rings. The van der Waals surface area contributed by atoms with E-state index in [0.29, 0.717) is 0 Å². The number of nitrogens with one attached hydrogen (secondary N) is 1. The van der Waals surface area contributed by atoms with Crippen molar-refractivity contribution in [3.8, 4) is 0 Å². The van der Waals surface area contributed by atoms with E-state index in [0.717, 1.165) is 32.8 Å². The molecule has 0 spiro atoms. The molecule has 0 amide bonds. The van der Waals surface area contributed by atoms with E-state index in [1.54, 1.807) is 0 Å². The van der Waals surface area contributed by atoms with E-state index < -0.39 is 0 Å². The summed E-state index contributed by atoms with van der Waals surface area (Å²) in [6.45, 7) is 8.68. The Morgan fingerprint density at radius 2 is 2.00 bits per heavy atom. The van der Waals surface area contributed by atoms with Crippen molar-refractivity contribution in [2.75, 3.05) is 44.8 Å². The summed E-state index contributed by atoms with van der Waals surface area (Å²) in [5.74, 6) is 0. The van der Waals surface area contributed by atoms with Crippen LogP contribution in [0.15, 0.2) is 24.3 Å². The molecule has 0 aliphatic carbocycles. The van der Waals surface area contributed by atoms with Crippen LogP contribution in [0.5, 0.6) is 0 Å².